The van der Waals surface area contributed by atoms with Crippen molar-refractivity contribution in [1.29, 1.82) is 0 Å². The Morgan fingerprint density at radius 2 is 1.19 bits per heavy atom. The zero-order chi connectivity index (χ0) is 41.8. The molecule has 292 valence electrons. The maximum absolute atomic E-state index is 12.7. The predicted molar refractivity (Wildman–Crippen MR) is 218 cm³/mol. The van der Waals surface area contributed by atoms with Crippen LogP contribution in [0.5, 0.6) is 11.5 Å². The number of methoxy groups -OCH3 is 2. The van der Waals surface area contributed by atoms with Crippen LogP contribution >= 0.6 is 59.2 Å². The van der Waals surface area contributed by atoms with E-state index in [2.05, 4.69) is 26.9 Å². The highest BCUT2D eigenvalue weighted by Crippen LogP contribution is 2.38. The quantitative estimate of drug-likeness (QED) is 0.0684. The Morgan fingerprint density at radius 3 is 1.58 bits per heavy atom. The number of non-ortho nitro benzene ring substituents is 2. The van der Waals surface area contributed by atoms with E-state index >= 15 is 0 Å². The van der Waals surface area contributed by atoms with Crippen molar-refractivity contribution < 1.29 is 38.0 Å². The Bertz CT molecular complexity index is 2580. The van der Waals surface area contributed by atoms with Crippen LogP contribution in [-0.2, 0) is 9.47 Å². The Balaban J connectivity index is 0.000000228. The molecule has 0 aliphatic rings. The molecule has 0 unspecified atom stereocenters. The van der Waals surface area contributed by atoms with E-state index < -0.39 is 21.1 Å². The van der Waals surface area contributed by atoms with Crippen molar-refractivity contribution >= 4 is 80.4 Å². The SMILES string of the molecule is COC(=S)Cl.COC(=S)Oc1cc(-c2cccnc2)oc(=O)c1-c1ccc([N+](=O)[O-])cc1Cl.O=c1oc(-c2cccnc2)cc(O)c1-c1ccc([N+](=O)[O-])cc1Cl. The Labute approximate surface area is 346 Å². The second kappa shape index (κ2) is 20.0. The number of nitro benzene ring substituents is 2. The van der Waals surface area contributed by atoms with Gasteiger partial charge in [-0.1, -0.05) is 23.2 Å². The maximum Gasteiger partial charge on any atom is 0.357 e. The van der Waals surface area contributed by atoms with E-state index in [1.165, 1.54) is 63.0 Å². The number of nitro groups is 2. The van der Waals surface area contributed by atoms with E-state index in [4.69, 9.17) is 65.3 Å². The van der Waals surface area contributed by atoms with Gasteiger partial charge in [0.2, 0.25) is 0 Å². The van der Waals surface area contributed by atoms with Gasteiger partial charge in [-0.15, -0.1) is 0 Å². The van der Waals surface area contributed by atoms with Crippen LogP contribution < -0.4 is 16.0 Å². The lowest BCUT2D eigenvalue weighted by molar-refractivity contribution is -0.385. The molecule has 0 aliphatic carbocycles. The van der Waals surface area contributed by atoms with Crippen LogP contribution in [0.3, 0.4) is 0 Å². The summed E-state index contributed by atoms with van der Waals surface area (Å²) in [6.45, 7) is 0. The molecule has 0 saturated heterocycles. The standard InChI is InChI=1S/C18H11ClN2O6S.C16H9ClN2O5.C2H3ClOS/c1-25-18(28)27-15-8-14(10-3-2-6-20-9-10)26-17(22)16(15)12-5-4-11(21(23)24)7-13(12)19;17-12-6-10(19(22)23)3-4-11(12)15-13(20)7-14(24-16(15)21)9-2-1-5-18-8-9;1-4-2(3)5/h2-9H,1H3;1-8,20H;1H3. The Hall–Kier alpha value is -6.31. The molecule has 0 saturated carbocycles. The summed E-state index contributed by atoms with van der Waals surface area (Å²) in [6, 6.07) is 16.7. The third-order valence-electron chi connectivity index (χ3n) is 7.12. The minimum absolute atomic E-state index is 0.0242. The monoisotopic (exact) mass is 872 g/mol. The first-order valence-corrected chi connectivity index (χ1v) is 17.3. The van der Waals surface area contributed by atoms with Gasteiger partial charge in [-0.2, -0.15) is 0 Å². The van der Waals surface area contributed by atoms with Crippen LogP contribution in [-0.4, -0.2) is 48.9 Å². The van der Waals surface area contributed by atoms with Crippen molar-refractivity contribution in [3.63, 3.8) is 0 Å². The molecule has 0 amide bonds. The van der Waals surface area contributed by atoms with E-state index in [-0.39, 0.29) is 76.4 Å². The summed E-state index contributed by atoms with van der Waals surface area (Å²) in [7, 11) is 2.74. The number of hydrogen-bond donors (Lipinski definition) is 1. The number of rotatable bonds is 7. The topological polar surface area (TPSA) is 220 Å². The number of benzene rings is 2. The van der Waals surface area contributed by atoms with Crippen molar-refractivity contribution in [3.05, 3.63) is 149 Å². The second-order valence-electron chi connectivity index (χ2n) is 10.6. The number of thiocarbonyl (C=S) groups is 2. The summed E-state index contributed by atoms with van der Waals surface area (Å²) in [5, 5.41) is 31.6. The molecule has 0 fully saturated rings. The van der Waals surface area contributed by atoms with Crippen LogP contribution in [0.25, 0.3) is 44.9 Å². The summed E-state index contributed by atoms with van der Waals surface area (Å²) in [5.74, 6) is 0.0136. The normalized spacial score (nSPS) is 10.1. The third kappa shape index (κ3) is 11.4. The minimum Gasteiger partial charge on any atom is -0.507 e. The molecule has 0 bridgehead atoms. The molecular formula is C36H23Cl3N4O12S2. The third-order valence-corrected chi connectivity index (χ3v) is 8.32. The molecule has 4 aromatic heterocycles. The maximum atomic E-state index is 12.7. The summed E-state index contributed by atoms with van der Waals surface area (Å²) >= 11 is 26.3. The number of aromatic hydroxyl groups is 1. The molecule has 21 heteroatoms. The molecule has 2 aromatic carbocycles. The largest absolute Gasteiger partial charge is 0.507 e. The zero-order valence-electron chi connectivity index (χ0n) is 28.9. The van der Waals surface area contributed by atoms with Gasteiger partial charge < -0.3 is 28.2 Å². The highest BCUT2D eigenvalue weighted by molar-refractivity contribution is 7.82. The summed E-state index contributed by atoms with van der Waals surface area (Å²) < 4.78 is 25.2. The highest BCUT2D eigenvalue weighted by Gasteiger charge is 2.22. The van der Waals surface area contributed by atoms with Crippen molar-refractivity contribution in [2.75, 3.05) is 14.2 Å². The van der Waals surface area contributed by atoms with Gasteiger partial charge in [-0.05, 0) is 60.2 Å². The fourth-order valence-electron chi connectivity index (χ4n) is 4.60. The minimum atomic E-state index is -0.815. The zero-order valence-corrected chi connectivity index (χ0v) is 32.8. The van der Waals surface area contributed by atoms with E-state index in [9.17, 15) is 34.9 Å². The van der Waals surface area contributed by atoms with Gasteiger partial charge in [-0.3, -0.25) is 30.2 Å². The molecule has 16 nitrogen and oxygen atoms in total. The first-order valence-electron chi connectivity index (χ1n) is 15.4. The molecule has 6 rings (SSSR count). The van der Waals surface area contributed by atoms with Crippen LogP contribution in [0, 0.1) is 20.2 Å². The lowest BCUT2D eigenvalue weighted by Crippen LogP contribution is -2.13. The van der Waals surface area contributed by atoms with E-state index in [1.54, 1.807) is 36.7 Å². The number of nitrogens with zero attached hydrogens (tertiary/aromatic N) is 4. The van der Waals surface area contributed by atoms with Crippen LogP contribution in [0.2, 0.25) is 10.0 Å². The van der Waals surface area contributed by atoms with Crippen molar-refractivity contribution in [1.82, 2.24) is 9.97 Å². The van der Waals surface area contributed by atoms with Gasteiger partial charge in [0.1, 0.15) is 28.4 Å². The van der Waals surface area contributed by atoms with Crippen LogP contribution in [0.1, 0.15) is 0 Å². The van der Waals surface area contributed by atoms with E-state index in [0.717, 1.165) is 12.1 Å². The molecule has 4 heterocycles. The van der Waals surface area contributed by atoms with Crippen LogP contribution in [0.15, 0.2) is 116 Å². The highest BCUT2D eigenvalue weighted by atomic mass is 35.5. The number of ether oxygens (including phenoxy) is 3. The Kier molecular flexibility index (Phi) is 15.3. The lowest BCUT2D eigenvalue weighted by atomic mass is 10.1. The summed E-state index contributed by atoms with van der Waals surface area (Å²) in [5.41, 5.74) is -0.857. The second-order valence-corrected chi connectivity index (χ2v) is 12.7. The van der Waals surface area contributed by atoms with Crippen molar-refractivity contribution in [2.24, 2.45) is 0 Å². The van der Waals surface area contributed by atoms with Gasteiger partial charge in [0.05, 0.1) is 34.1 Å². The van der Waals surface area contributed by atoms with Gasteiger partial charge >= 0.3 is 16.5 Å². The molecule has 0 atom stereocenters. The van der Waals surface area contributed by atoms with Crippen molar-refractivity contribution in [2.45, 2.75) is 0 Å². The smallest absolute Gasteiger partial charge is 0.357 e. The number of hydrogen-bond acceptors (Lipinski definition) is 16. The molecule has 57 heavy (non-hydrogen) atoms. The first kappa shape index (κ1) is 43.4. The lowest BCUT2D eigenvalue weighted by Gasteiger charge is -2.12. The number of aromatic nitrogens is 2. The van der Waals surface area contributed by atoms with Gasteiger partial charge in [0.25, 0.3) is 15.9 Å². The van der Waals surface area contributed by atoms with Gasteiger partial charge in [-0.25, -0.2) is 9.59 Å². The number of halogens is 3. The van der Waals surface area contributed by atoms with Crippen molar-refractivity contribution in [3.8, 4) is 56.4 Å². The van der Waals surface area contributed by atoms with E-state index in [0.29, 0.717) is 11.1 Å². The molecular weight excluding hydrogens is 851 g/mol. The molecule has 0 aliphatic heterocycles. The molecule has 0 radical (unpaired) electrons. The van der Waals surface area contributed by atoms with Crippen LogP contribution in [0.4, 0.5) is 11.4 Å². The fraction of sp³-hybridized carbons (Fsp3) is 0.0556. The van der Waals surface area contributed by atoms with Gasteiger partial charge in [0, 0.05) is 95.7 Å². The number of pyridine rings is 2. The van der Waals surface area contributed by atoms with Gasteiger partial charge in [0.15, 0.2) is 5.75 Å². The average Bonchev–Trinajstić information content (AvgIpc) is 3.19. The molecule has 6 aromatic rings. The predicted octanol–water partition coefficient (Wildman–Crippen LogP) is 9.03. The fourth-order valence-corrected chi connectivity index (χ4v) is 5.23. The summed E-state index contributed by atoms with van der Waals surface area (Å²) in [4.78, 5) is 53.4. The first-order chi connectivity index (χ1) is 27.1. The average molecular weight is 874 g/mol. The summed E-state index contributed by atoms with van der Waals surface area (Å²) in [6.07, 6.45) is 6.13. The molecule has 1 N–H and O–H groups in total. The molecule has 0 spiro atoms. The Morgan fingerprint density at radius 1 is 0.737 bits per heavy atom. The van der Waals surface area contributed by atoms with E-state index in [1.807, 2.05) is 0 Å².